The summed E-state index contributed by atoms with van der Waals surface area (Å²) in [5, 5.41) is 6.31. The summed E-state index contributed by atoms with van der Waals surface area (Å²) in [5.74, 6) is 1.00. The molecule has 1 aromatic rings. The fourth-order valence-electron chi connectivity index (χ4n) is 2.76. The van der Waals surface area contributed by atoms with Crippen molar-refractivity contribution in [2.45, 2.75) is 46.1 Å². The predicted octanol–water partition coefficient (Wildman–Crippen LogP) is 3.40. The molecule has 1 aliphatic heterocycles. The Hall–Kier alpha value is -1.31. The third-order valence-electron chi connectivity index (χ3n) is 4.18. The van der Waals surface area contributed by atoms with Crippen molar-refractivity contribution >= 4 is 35.8 Å². The van der Waals surface area contributed by atoms with E-state index in [1.807, 2.05) is 24.3 Å². The molecule has 1 saturated heterocycles. The SMILES string of the molecule is CCCCNC(=O)c1ccc(CN=C(NCC)N2CCCC2)cc1.I. The zero-order chi connectivity index (χ0) is 17.2. The van der Waals surface area contributed by atoms with Crippen molar-refractivity contribution in [2.24, 2.45) is 4.99 Å². The summed E-state index contributed by atoms with van der Waals surface area (Å²) in [7, 11) is 0. The van der Waals surface area contributed by atoms with Crippen LogP contribution in [0.25, 0.3) is 0 Å². The monoisotopic (exact) mass is 458 g/mol. The first-order valence-corrected chi connectivity index (χ1v) is 9.15. The molecule has 6 heteroatoms. The number of carbonyl (C=O) groups excluding carboxylic acids is 1. The van der Waals surface area contributed by atoms with Crippen LogP contribution in [-0.2, 0) is 6.54 Å². The number of amides is 1. The molecule has 0 radical (unpaired) electrons. The van der Waals surface area contributed by atoms with Gasteiger partial charge in [0.05, 0.1) is 6.54 Å². The van der Waals surface area contributed by atoms with E-state index in [1.54, 1.807) is 0 Å². The highest BCUT2D eigenvalue weighted by atomic mass is 127. The summed E-state index contributed by atoms with van der Waals surface area (Å²) in [6.45, 7) is 8.64. The van der Waals surface area contributed by atoms with E-state index in [0.717, 1.165) is 50.5 Å². The molecule has 0 aromatic heterocycles. The van der Waals surface area contributed by atoms with Gasteiger partial charge in [0.1, 0.15) is 0 Å². The fourth-order valence-corrected chi connectivity index (χ4v) is 2.76. The predicted molar refractivity (Wildman–Crippen MR) is 115 cm³/mol. The highest BCUT2D eigenvalue weighted by molar-refractivity contribution is 14.0. The number of unbranched alkanes of at least 4 members (excludes halogenated alkanes) is 1. The second-order valence-electron chi connectivity index (χ2n) is 6.17. The Morgan fingerprint density at radius 3 is 2.40 bits per heavy atom. The number of likely N-dealkylation sites (tertiary alicyclic amines) is 1. The molecule has 0 saturated carbocycles. The number of nitrogens with one attached hydrogen (secondary N) is 2. The molecule has 1 amide bonds. The van der Waals surface area contributed by atoms with E-state index < -0.39 is 0 Å². The summed E-state index contributed by atoms with van der Waals surface area (Å²) in [4.78, 5) is 19.1. The number of nitrogens with zero attached hydrogens (tertiary/aromatic N) is 2. The van der Waals surface area contributed by atoms with Crippen LogP contribution >= 0.6 is 24.0 Å². The van der Waals surface area contributed by atoms with Crippen molar-refractivity contribution in [3.8, 4) is 0 Å². The smallest absolute Gasteiger partial charge is 0.251 e. The molecular weight excluding hydrogens is 427 g/mol. The first-order valence-electron chi connectivity index (χ1n) is 9.15. The standard InChI is InChI=1S/C19H30N4O.HI/c1-3-5-12-21-18(24)17-10-8-16(9-11-17)15-22-19(20-4-2)23-13-6-7-14-23;/h8-11H,3-7,12-15H2,1-2H3,(H,20,22)(H,21,24);1H. The zero-order valence-corrected chi connectivity index (χ0v) is 17.7. The Labute approximate surface area is 168 Å². The Balaban J connectivity index is 0.00000312. The molecule has 1 aliphatic rings. The van der Waals surface area contributed by atoms with Gasteiger partial charge in [0.25, 0.3) is 5.91 Å². The largest absolute Gasteiger partial charge is 0.357 e. The van der Waals surface area contributed by atoms with Crippen LogP contribution in [0, 0.1) is 0 Å². The van der Waals surface area contributed by atoms with E-state index in [1.165, 1.54) is 12.8 Å². The molecule has 0 unspecified atom stereocenters. The van der Waals surface area contributed by atoms with Crippen LogP contribution in [-0.4, -0.2) is 42.9 Å². The zero-order valence-electron chi connectivity index (χ0n) is 15.4. The Morgan fingerprint density at radius 1 is 1.12 bits per heavy atom. The number of hydrogen-bond acceptors (Lipinski definition) is 2. The Kier molecular flexibility index (Phi) is 10.5. The van der Waals surface area contributed by atoms with E-state index in [0.29, 0.717) is 12.1 Å². The topological polar surface area (TPSA) is 56.7 Å². The molecule has 1 aromatic carbocycles. The van der Waals surface area contributed by atoms with Gasteiger partial charge in [-0.05, 0) is 43.9 Å². The molecule has 1 heterocycles. The van der Waals surface area contributed by atoms with Gasteiger partial charge in [-0.1, -0.05) is 25.5 Å². The minimum Gasteiger partial charge on any atom is -0.357 e. The van der Waals surface area contributed by atoms with Crippen LogP contribution < -0.4 is 10.6 Å². The highest BCUT2D eigenvalue weighted by Crippen LogP contribution is 2.10. The van der Waals surface area contributed by atoms with Gasteiger partial charge in [-0.25, -0.2) is 4.99 Å². The number of benzene rings is 1. The minimum atomic E-state index is 0. The van der Waals surface area contributed by atoms with E-state index in [9.17, 15) is 4.79 Å². The average molecular weight is 458 g/mol. The van der Waals surface area contributed by atoms with Crippen molar-refractivity contribution in [3.05, 3.63) is 35.4 Å². The third-order valence-corrected chi connectivity index (χ3v) is 4.18. The van der Waals surface area contributed by atoms with Crippen LogP contribution in [0.3, 0.4) is 0 Å². The molecule has 0 atom stereocenters. The molecule has 0 spiro atoms. The minimum absolute atomic E-state index is 0. The highest BCUT2D eigenvalue weighted by Gasteiger charge is 2.15. The second-order valence-corrected chi connectivity index (χ2v) is 6.17. The van der Waals surface area contributed by atoms with Crippen molar-refractivity contribution < 1.29 is 4.79 Å². The van der Waals surface area contributed by atoms with Crippen molar-refractivity contribution in [1.29, 1.82) is 0 Å². The number of guanidine groups is 1. The molecule has 2 N–H and O–H groups in total. The van der Waals surface area contributed by atoms with Crippen molar-refractivity contribution in [2.75, 3.05) is 26.2 Å². The molecule has 0 bridgehead atoms. The fraction of sp³-hybridized carbons (Fsp3) is 0.579. The van der Waals surface area contributed by atoms with Gasteiger partial charge < -0.3 is 15.5 Å². The number of rotatable bonds is 7. The third kappa shape index (κ3) is 7.22. The van der Waals surface area contributed by atoms with Gasteiger partial charge in [0.2, 0.25) is 0 Å². The number of halogens is 1. The van der Waals surface area contributed by atoms with Crippen LogP contribution in [0.1, 0.15) is 55.5 Å². The van der Waals surface area contributed by atoms with Crippen LogP contribution in [0.4, 0.5) is 0 Å². The van der Waals surface area contributed by atoms with Gasteiger partial charge in [0, 0.05) is 31.7 Å². The summed E-state index contributed by atoms with van der Waals surface area (Å²) in [6, 6.07) is 7.75. The molecule has 5 nitrogen and oxygen atoms in total. The van der Waals surface area contributed by atoms with Crippen molar-refractivity contribution in [1.82, 2.24) is 15.5 Å². The molecule has 25 heavy (non-hydrogen) atoms. The normalized spacial score (nSPS) is 14.2. The molecule has 140 valence electrons. The number of carbonyl (C=O) groups is 1. The van der Waals surface area contributed by atoms with E-state index in [4.69, 9.17) is 4.99 Å². The molecule has 1 fully saturated rings. The van der Waals surface area contributed by atoms with Gasteiger partial charge in [-0.15, -0.1) is 24.0 Å². The van der Waals surface area contributed by atoms with Crippen LogP contribution in [0.2, 0.25) is 0 Å². The van der Waals surface area contributed by atoms with Crippen LogP contribution in [0.5, 0.6) is 0 Å². The lowest BCUT2D eigenvalue weighted by atomic mass is 10.1. The second kappa shape index (κ2) is 12.1. The van der Waals surface area contributed by atoms with Gasteiger partial charge in [0.15, 0.2) is 5.96 Å². The summed E-state index contributed by atoms with van der Waals surface area (Å²) in [6.07, 6.45) is 4.59. The molecular formula is C19H31IN4O. The maximum absolute atomic E-state index is 12.0. The number of aliphatic imine (C=N–C) groups is 1. The maximum atomic E-state index is 12.0. The number of hydrogen-bond donors (Lipinski definition) is 2. The average Bonchev–Trinajstić information content (AvgIpc) is 3.13. The van der Waals surface area contributed by atoms with E-state index in [2.05, 4.69) is 29.4 Å². The first-order chi connectivity index (χ1) is 11.7. The van der Waals surface area contributed by atoms with Crippen LogP contribution in [0.15, 0.2) is 29.3 Å². The summed E-state index contributed by atoms with van der Waals surface area (Å²) >= 11 is 0. The van der Waals surface area contributed by atoms with Gasteiger partial charge in [-0.2, -0.15) is 0 Å². The van der Waals surface area contributed by atoms with Gasteiger partial charge >= 0.3 is 0 Å². The Bertz CT molecular complexity index is 539. The molecule has 0 aliphatic carbocycles. The molecule has 2 rings (SSSR count). The lowest BCUT2D eigenvalue weighted by molar-refractivity contribution is 0.0953. The summed E-state index contributed by atoms with van der Waals surface area (Å²) < 4.78 is 0. The van der Waals surface area contributed by atoms with E-state index >= 15 is 0 Å². The lowest BCUT2D eigenvalue weighted by Gasteiger charge is -2.20. The quantitative estimate of drug-likeness (QED) is 0.285. The van der Waals surface area contributed by atoms with E-state index in [-0.39, 0.29) is 29.9 Å². The Morgan fingerprint density at radius 2 is 1.80 bits per heavy atom. The lowest BCUT2D eigenvalue weighted by Crippen LogP contribution is -2.39. The van der Waals surface area contributed by atoms with Gasteiger partial charge in [-0.3, -0.25) is 4.79 Å². The summed E-state index contributed by atoms with van der Waals surface area (Å²) in [5.41, 5.74) is 1.83. The maximum Gasteiger partial charge on any atom is 0.251 e. The first kappa shape index (κ1) is 21.7. The van der Waals surface area contributed by atoms with Crippen molar-refractivity contribution in [3.63, 3.8) is 0 Å².